The van der Waals surface area contributed by atoms with Gasteiger partial charge < -0.3 is 15.2 Å². The van der Waals surface area contributed by atoms with E-state index in [1.807, 2.05) is 32.0 Å². The number of rotatable bonds is 5. The molecule has 5 heteroatoms. The van der Waals surface area contributed by atoms with Crippen molar-refractivity contribution in [2.75, 3.05) is 6.54 Å². The molecule has 1 saturated heterocycles. The maximum absolute atomic E-state index is 12.7. The number of amides is 1. The van der Waals surface area contributed by atoms with E-state index in [4.69, 9.17) is 4.52 Å². The van der Waals surface area contributed by atoms with Gasteiger partial charge >= 0.3 is 0 Å². The average Bonchev–Trinajstić information content (AvgIpc) is 3.18. The lowest BCUT2D eigenvalue weighted by Gasteiger charge is -2.28. The minimum Gasteiger partial charge on any atom is -0.361 e. The highest BCUT2D eigenvalue weighted by Gasteiger charge is 2.42. The Bertz CT molecular complexity index is 698. The van der Waals surface area contributed by atoms with Gasteiger partial charge in [0, 0.05) is 24.1 Å². The first-order valence-corrected chi connectivity index (χ1v) is 8.57. The van der Waals surface area contributed by atoms with Gasteiger partial charge in [0.25, 0.3) is 0 Å². The van der Waals surface area contributed by atoms with Gasteiger partial charge in [-0.15, -0.1) is 0 Å². The van der Waals surface area contributed by atoms with E-state index in [0.717, 1.165) is 36.4 Å². The highest BCUT2D eigenvalue weighted by atomic mass is 16.5. The molecule has 3 rings (SSSR count). The molecule has 2 N–H and O–H groups in total. The van der Waals surface area contributed by atoms with Crippen LogP contribution in [0.15, 0.2) is 34.9 Å². The number of carbonyl (C=O) groups is 1. The summed E-state index contributed by atoms with van der Waals surface area (Å²) in [6.45, 7) is 6.86. The quantitative estimate of drug-likeness (QED) is 0.886. The van der Waals surface area contributed by atoms with E-state index in [1.165, 1.54) is 5.56 Å². The highest BCUT2D eigenvalue weighted by Crippen LogP contribution is 2.27. The lowest BCUT2D eigenvalue weighted by molar-refractivity contribution is -0.127. The topological polar surface area (TPSA) is 67.2 Å². The van der Waals surface area contributed by atoms with Crippen molar-refractivity contribution in [1.29, 1.82) is 0 Å². The monoisotopic (exact) mass is 327 g/mol. The molecular formula is C19H25N3O2. The molecule has 1 aliphatic heterocycles. The van der Waals surface area contributed by atoms with Crippen LogP contribution in [0.25, 0.3) is 11.3 Å². The Hall–Kier alpha value is -2.14. The van der Waals surface area contributed by atoms with Gasteiger partial charge in [0.15, 0.2) is 0 Å². The van der Waals surface area contributed by atoms with Crippen LogP contribution in [0.2, 0.25) is 0 Å². The first-order chi connectivity index (χ1) is 11.5. The number of aryl methyl sites for hydroxylation is 1. The van der Waals surface area contributed by atoms with Gasteiger partial charge in [0.1, 0.15) is 17.0 Å². The number of hydrogen-bond acceptors (Lipinski definition) is 4. The molecule has 1 aromatic heterocycles. The number of aromatic nitrogens is 1. The molecule has 1 aromatic carbocycles. The molecule has 2 aromatic rings. The Kier molecular flexibility index (Phi) is 4.71. The van der Waals surface area contributed by atoms with Crippen molar-refractivity contribution < 1.29 is 9.32 Å². The molecule has 1 atom stereocenters. The fourth-order valence-corrected chi connectivity index (χ4v) is 3.19. The summed E-state index contributed by atoms with van der Waals surface area (Å²) < 4.78 is 5.52. The van der Waals surface area contributed by atoms with Crippen LogP contribution < -0.4 is 10.6 Å². The summed E-state index contributed by atoms with van der Waals surface area (Å²) in [7, 11) is 0. The molecule has 1 unspecified atom stereocenters. The SMILES string of the molecule is Cc1ccc(-c2cc(CC3(C(=O)NC(C)C)CCCN3)on2)cc1. The van der Waals surface area contributed by atoms with Crippen molar-refractivity contribution >= 4 is 5.91 Å². The Balaban J connectivity index is 1.79. The third-order valence-corrected chi connectivity index (χ3v) is 4.48. The minimum absolute atomic E-state index is 0.0447. The van der Waals surface area contributed by atoms with Crippen LogP contribution >= 0.6 is 0 Å². The zero-order chi connectivity index (χ0) is 17.2. The van der Waals surface area contributed by atoms with E-state index in [9.17, 15) is 4.79 Å². The van der Waals surface area contributed by atoms with E-state index in [0.29, 0.717) is 6.42 Å². The second-order valence-corrected chi connectivity index (χ2v) is 6.96. The zero-order valence-electron chi connectivity index (χ0n) is 14.6. The third-order valence-electron chi connectivity index (χ3n) is 4.48. The Morgan fingerprint density at radius 1 is 1.38 bits per heavy atom. The lowest BCUT2D eigenvalue weighted by atomic mass is 9.90. The summed E-state index contributed by atoms with van der Waals surface area (Å²) in [4.78, 5) is 12.7. The molecule has 0 radical (unpaired) electrons. The van der Waals surface area contributed by atoms with Gasteiger partial charge in [-0.3, -0.25) is 4.79 Å². The largest absolute Gasteiger partial charge is 0.361 e. The highest BCUT2D eigenvalue weighted by molar-refractivity contribution is 5.87. The number of nitrogens with zero attached hydrogens (tertiary/aromatic N) is 1. The molecule has 0 spiro atoms. The van der Waals surface area contributed by atoms with Crippen molar-refractivity contribution in [2.45, 2.75) is 51.6 Å². The smallest absolute Gasteiger partial charge is 0.240 e. The summed E-state index contributed by atoms with van der Waals surface area (Å²) in [5.74, 6) is 0.780. The lowest BCUT2D eigenvalue weighted by Crippen LogP contribution is -2.56. The summed E-state index contributed by atoms with van der Waals surface area (Å²) in [5, 5.41) is 10.6. The minimum atomic E-state index is -0.589. The normalized spacial score (nSPS) is 20.5. The van der Waals surface area contributed by atoms with Crippen LogP contribution in [0.5, 0.6) is 0 Å². The third kappa shape index (κ3) is 3.51. The Labute approximate surface area is 142 Å². The zero-order valence-corrected chi connectivity index (χ0v) is 14.6. The van der Waals surface area contributed by atoms with Crippen LogP contribution in [0.4, 0.5) is 0 Å². The van der Waals surface area contributed by atoms with Crippen LogP contribution in [0.1, 0.15) is 38.0 Å². The summed E-state index contributed by atoms with van der Waals surface area (Å²) in [6.07, 6.45) is 2.32. The van der Waals surface area contributed by atoms with E-state index < -0.39 is 5.54 Å². The first kappa shape index (κ1) is 16.7. The molecule has 2 heterocycles. The second-order valence-electron chi connectivity index (χ2n) is 6.96. The molecule has 5 nitrogen and oxygen atoms in total. The molecular weight excluding hydrogens is 302 g/mol. The molecule has 128 valence electrons. The summed E-state index contributed by atoms with van der Waals surface area (Å²) in [6, 6.07) is 10.2. The predicted molar refractivity (Wildman–Crippen MR) is 93.6 cm³/mol. The number of nitrogens with one attached hydrogen (secondary N) is 2. The van der Waals surface area contributed by atoms with Gasteiger partial charge in [-0.25, -0.2) is 0 Å². The van der Waals surface area contributed by atoms with Crippen LogP contribution in [0, 0.1) is 6.92 Å². The summed E-state index contributed by atoms with van der Waals surface area (Å²) in [5.41, 5.74) is 2.45. The fourth-order valence-electron chi connectivity index (χ4n) is 3.19. The Morgan fingerprint density at radius 2 is 2.12 bits per heavy atom. The fraction of sp³-hybridized carbons (Fsp3) is 0.474. The number of benzene rings is 1. The van der Waals surface area contributed by atoms with Gasteiger partial charge in [-0.1, -0.05) is 35.0 Å². The maximum Gasteiger partial charge on any atom is 0.240 e. The molecule has 24 heavy (non-hydrogen) atoms. The molecule has 0 saturated carbocycles. The maximum atomic E-state index is 12.7. The molecule has 0 bridgehead atoms. The average molecular weight is 327 g/mol. The molecule has 1 fully saturated rings. The van der Waals surface area contributed by atoms with Crippen molar-refractivity contribution in [3.8, 4) is 11.3 Å². The van der Waals surface area contributed by atoms with E-state index >= 15 is 0 Å². The van der Waals surface area contributed by atoms with Crippen LogP contribution in [-0.2, 0) is 11.2 Å². The van der Waals surface area contributed by atoms with E-state index in [-0.39, 0.29) is 11.9 Å². The van der Waals surface area contributed by atoms with Gasteiger partial charge in [-0.05, 0) is 40.2 Å². The van der Waals surface area contributed by atoms with Gasteiger partial charge in [0.05, 0.1) is 0 Å². The van der Waals surface area contributed by atoms with E-state index in [2.05, 4.69) is 34.8 Å². The van der Waals surface area contributed by atoms with Crippen LogP contribution in [-0.4, -0.2) is 29.2 Å². The molecule has 1 amide bonds. The van der Waals surface area contributed by atoms with Crippen molar-refractivity contribution in [3.05, 3.63) is 41.7 Å². The van der Waals surface area contributed by atoms with Crippen molar-refractivity contribution in [1.82, 2.24) is 15.8 Å². The van der Waals surface area contributed by atoms with Gasteiger partial charge in [0.2, 0.25) is 5.91 Å². The van der Waals surface area contributed by atoms with Crippen molar-refractivity contribution in [2.24, 2.45) is 0 Å². The summed E-state index contributed by atoms with van der Waals surface area (Å²) >= 11 is 0. The standard InChI is InChI=1S/C19H25N3O2/c1-13(2)21-18(23)19(9-4-10-20-19)12-16-11-17(22-24-16)15-7-5-14(3)6-8-15/h5-8,11,13,20H,4,9-10,12H2,1-3H3,(H,21,23). The molecule has 0 aliphatic carbocycles. The number of hydrogen-bond donors (Lipinski definition) is 2. The predicted octanol–water partition coefficient (Wildman–Crippen LogP) is 2.84. The van der Waals surface area contributed by atoms with Gasteiger partial charge in [-0.2, -0.15) is 0 Å². The molecule has 1 aliphatic rings. The Morgan fingerprint density at radius 3 is 2.75 bits per heavy atom. The van der Waals surface area contributed by atoms with E-state index in [1.54, 1.807) is 0 Å². The second kappa shape index (κ2) is 6.77. The van der Waals surface area contributed by atoms with Crippen LogP contribution in [0.3, 0.4) is 0 Å². The first-order valence-electron chi connectivity index (χ1n) is 8.57. The van der Waals surface area contributed by atoms with Crippen molar-refractivity contribution in [3.63, 3.8) is 0 Å². The number of carbonyl (C=O) groups excluding carboxylic acids is 1.